The Labute approximate surface area is 139 Å². The number of carbonyl (C=O) groups excluding carboxylic acids is 1. The molecule has 0 spiro atoms. The molecule has 0 aliphatic carbocycles. The third kappa shape index (κ3) is 4.30. The van der Waals surface area contributed by atoms with Gasteiger partial charge in [0, 0.05) is 37.1 Å². The number of anilines is 2. The second kappa shape index (κ2) is 7.57. The number of unbranched alkanes of at least 4 members (excludes halogenated alkanes) is 1. The van der Waals surface area contributed by atoms with Crippen molar-refractivity contribution in [2.75, 3.05) is 37.4 Å². The summed E-state index contributed by atoms with van der Waals surface area (Å²) in [7, 11) is 2.11. The van der Waals surface area contributed by atoms with Gasteiger partial charge in [0.15, 0.2) is 0 Å². The molecule has 0 bridgehead atoms. The van der Waals surface area contributed by atoms with E-state index in [1.807, 2.05) is 29.2 Å². The minimum Gasteiger partial charge on any atom is -0.449 e. The van der Waals surface area contributed by atoms with Crippen LogP contribution in [-0.4, -0.2) is 43.3 Å². The van der Waals surface area contributed by atoms with Gasteiger partial charge in [0.25, 0.3) is 0 Å². The van der Waals surface area contributed by atoms with Crippen molar-refractivity contribution in [3.63, 3.8) is 0 Å². The molecule has 5 heteroatoms. The van der Waals surface area contributed by atoms with Crippen LogP contribution in [0.4, 0.5) is 16.2 Å². The number of rotatable bonds is 5. The van der Waals surface area contributed by atoms with Crippen molar-refractivity contribution in [3.05, 3.63) is 24.3 Å². The molecule has 5 nitrogen and oxygen atoms in total. The van der Waals surface area contributed by atoms with Crippen molar-refractivity contribution < 1.29 is 9.53 Å². The predicted octanol–water partition coefficient (Wildman–Crippen LogP) is 3.50. The van der Waals surface area contributed by atoms with Crippen LogP contribution in [0.15, 0.2) is 24.3 Å². The van der Waals surface area contributed by atoms with E-state index in [-0.39, 0.29) is 11.6 Å². The SMILES string of the molecule is CCCCOC(=O)N1CCC(C)(N(C)c2ccc(N)cc2)CC1. The number of nitrogen functional groups attached to an aromatic ring is 1. The molecule has 0 saturated carbocycles. The first kappa shape index (κ1) is 17.4. The first-order valence-corrected chi connectivity index (χ1v) is 8.47. The van der Waals surface area contributed by atoms with E-state index in [9.17, 15) is 4.79 Å². The first-order chi connectivity index (χ1) is 11.0. The fourth-order valence-electron chi connectivity index (χ4n) is 2.91. The third-order valence-electron chi connectivity index (χ3n) is 4.91. The predicted molar refractivity (Wildman–Crippen MR) is 94.7 cm³/mol. The molecule has 0 radical (unpaired) electrons. The molecule has 2 rings (SSSR count). The van der Waals surface area contributed by atoms with Crippen LogP contribution in [0.1, 0.15) is 39.5 Å². The molecule has 1 aliphatic rings. The van der Waals surface area contributed by atoms with Crippen molar-refractivity contribution in [3.8, 4) is 0 Å². The van der Waals surface area contributed by atoms with Crippen LogP contribution in [0.3, 0.4) is 0 Å². The average Bonchev–Trinajstić information content (AvgIpc) is 2.55. The van der Waals surface area contributed by atoms with E-state index in [0.29, 0.717) is 6.61 Å². The van der Waals surface area contributed by atoms with Gasteiger partial charge in [-0.3, -0.25) is 0 Å². The van der Waals surface area contributed by atoms with Crippen LogP contribution in [-0.2, 0) is 4.74 Å². The molecule has 1 amide bonds. The lowest BCUT2D eigenvalue weighted by Crippen LogP contribution is -2.53. The lowest BCUT2D eigenvalue weighted by atomic mass is 9.87. The Bertz CT molecular complexity index is 508. The number of amides is 1. The number of benzene rings is 1. The van der Waals surface area contributed by atoms with Gasteiger partial charge in [-0.2, -0.15) is 0 Å². The summed E-state index contributed by atoms with van der Waals surface area (Å²) in [5, 5.41) is 0. The Balaban J connectivity index is 1.91. The zero-order valence-electron chi connectivity index (χ0n) is 14.5. The number of nitrogens with zero attached hydrogens (tertiary/aromatic N) is 2. The van der Waals surface area contributed by atoms with Crippen molar-refractivity contribution in [2.24, 2.45) is 0 Å². The maximum Gasteiger partial charge on any atom is 0.409 e. The van der Waals surface area contributed by atoms with Gasteiger partial charge >= 0.3 is 6.09 Å². The zero-order valence-corrected chi connectivity index (χ0v) is 14.5. The number of hydrogen-bond donors (Lipinski definition) is 1. The molecule has 2 N–H and O–H groups in total. The van der Waals surface area contributed by atoms with Crippen LogP contribution >= 0.6 is 0 Å². The molecule has 1 saturated heterocycles. The monoisotopic (exact) mass is 319 g/mol. The standard InChI is InChI=1S/C18H29N3O2/c1-4-5-14-23-17(22)21-12-10-18(2,11-13-21)20(3)16-8-6-15(19)7-9-16/h6-9H,4-5,10-14,19H2,1-3H3. The number of ether oxygens (including phenoxy) is 1. The maximum absolute atomic E-state index is 12.0. The Kier molecular flexibility index (Phi) is 5.74. The van der Waals surface area contributed by atoms with Crippen molar-refractivity contribution in [1.29, 1.82) is 0 Å². The normalized spacial score (nSPS) is 16.9. The van der Waals surface area contributed by atoms with Gasteiger partial charge < -0.3 is 20.3 Å². The molecular weight excluding hydrogens is 290 g/mol. The molecule has 1 aromatic rings. The molecule has 1 aliphatic heterocycles. The lowest BCUT2D eigenvalue weighted by Gasteiger charge is -2.46. The molecule has 1 aromatic carbocycles. The first-order valence-electron chi connectivity index (χ1n) is 8.47. The average molecular weight is 319 g/mol. The Morgan fingerprint density at radius 1 is 1.30 bits per heavy atom. The summed E-state index contributed by atoms with van der Waals surface area (Å²) in [5.41, 5.74) is 7.73. The molecule has 1 heterocycles. The summed E-state index contributed by atoms with van der Waals surface area (Å²) in [6.07, 6.45) is 3.65. The third-order valence-corrected chi connectivity index (χ3v) is 4.91. The van der Waals surface area contributed by atoms with E-state index in [1.165, 1.54) is 0 Å². The summed E-state index contributed by atoms with van der Waals surface area (Å²) in [6, 6.07) is 7.95. The van der Waals surface area contributed by atoms with E-state index in [1.54, 1.807) is 0 Å². The lowest BCUT2D eigenvalue weighted by molar-refractivity contribution is 0.0839. The quantitative estimate of drug-likeness (QED) is 0.666. The maximum atomic E-state index is 12.0. The van der Waals surface area contributed by atoms with Gasteiger partial charge in [0.1, 0.15) is 0 Å². The van der Waals surface area contributed by atoms with Gasteiger partial charge in [-0.15, -0.1) is 0 Å². The molecule has 0 aromatic heterocycles. The van der Waals surface area contributed by atoms with Gasteiger partial charge in [0.05, 0.1) is 6.61 Å². The topological polar surface area (TPSA) is 58.8 Å². The Morgan fingerprint density at radius 2 is 1.91 bits per heavy atom. The van der Waals surface area contributed by atoms with E-state index in [4.69, 9.17) is 10.5 Å². The number of nitrogens with two attached hydrogens (primary N) is 1. The summed E-state index contributed by atoms with van der Waals surface area (Å²) < 4.78 is 5.31. The number of likely N-dealkylation sites (tertiary alicyclic amines) is 1. The van der Waals surface area contributed by atoms with Crippen LogP contribution in [0.25, 0.3) is 0 Å². The summed E-state index contributed by atoms with van der Waals surface area (Å²) in [4.78, 5) is 16.2. The molecule has 1 fully saturated rings. The largest absolute Gasteiger partial charge is 0.449 e. The minimum atomic E-state index is -0.171. The van der Waals surface area contributed by atoms with Crippen molar-refractivity contribution in [1.82, 2.24) is 4.90 Å². The Hall–Kier alpha value is -1.91. The highest BCUT2D eigenvalue weighted by molar-refractivity contribution is 5.67. The molecule has 128 valence electrons. The van der Waals surface area contributed by atoms with Crippen LogP contribution in [0, 0.1) is 0 Å². The van der Waals surface area contributed by atoms with Gasteiger partial charge in [-0.05, 0) is 50.5 Å². The molecule has 23 heavy (non-hydrogen) atoms. The van der Waals surface area contributed by atoms with Crippen LogP contribution in [0.2, 0.25) is 0 Å². The van der Waals surface area contributed by atoms with E-state index in [2.05, 4.69) is 25.8 Å². The smallest absolute Gasteiger partial charge is 0.409 e. The molecular formula is C18H29N3O2. The van der Waals surface area contributed by atoms with Gasteiger partial charge in [-0.25, -0.2) is 4.79 Å². The van der Waals surface area contributed by atoms with E-state index < -0.39 is 0 Å². The van der Waals surface area contributed by atoms with E-state index in [0.717, 1.165) is 50.1 Å². The van der Waals surface area contributed by atoms with Crippen LogP contribution in [0.5, 0.6) is 0 Å². The van der Waals surface area contributed by atoms with Crippen LogP contribution < -0.4 is 10.6 Å². The summed E-state index contributed by atoms with van der Waals surface area (Å²) in [5.74, 6) is 0. The highest BCUT2D eigenvalue weighted by Crippen LogP contribution is 2.32. The van der Waals surface area contributed by atoms with E-state index >= 15 is 0 Å². The highest BCUT2D eigenvalue weighted by atomic mass is 16.6. The van der Waals surface area contributed by atoms with Crippen molar-refractivity contribution >= 4 is 17.5 Å². The van der Waals surface area contributed by atoms with Gasteiger partial charge in [-0.1, -0.05) is 13.3 Å². The second-order valence-corrected chi connectivity index (χ2v) is 6.60. The highest BCUT2D eigenvalue weighted by Gasteiger charge is 2.35. The summed E-state index contributed by atoms with van der Waals surface area (Å²) >= 11 is 0. The number of piperidine rings is 1. The fraction of sp³-hybridized carbons (Fsp3) is 0.611. The Morgan fingerprint density at radius 3 is 2.48 bits per heavy atom. The number of hydrogen-bond acceptors (Lipinski definition) is 4. The molecule has 0 atom stereocenters. The van der Waals surface area contributed by atoms with Gasteiger partial charge in [0.2, 0.25) is 0 Å². The fourth-order valence-corrected chi connectivity index (χ4v) is 2.91. The molecule has 0 unspecified atom stereocenters. The number of carbonyl (C=O) groups is 1. The summed E-state index contributed by atoms with van der Waals surface area (Å²) in [6.45, 7) is 6.34. The second-order valence-electron chi connectivity index (χ2n) is 6.60. The zero-order chi connectivity index (χ0) is 16.9. The van der Waals surface area contributed by atoms with Crippen molar-refractivity contribution in [2.45, 2.75) is 45.1 Å². The minimum absolute atomic E-state index is 0.0380.